The zero-order valence-electron chi connectivity index (χ0n) is 11.0. The minimum Gasteiger partial charge on any atom is -0.315 e. The van der Waals surface area contributed by atoms with Gasteiger partial charge in [0.05, 0.1) is 12.8 Å². The van der Waals surface area contributed by atoms with Crippen LogP contribution >= 0.6 is 0 Å². The van der Waals surface area contributed by atoms with Crippen molar-refractivity contribution < 1.29 is 8.42 Å². The van der Waals surface area contributed by atoms with Gasteiger partial charge in [0.15, 0.2) is 0 Å². The Labute approximate surface area is 109 Å². The molecule has 7 heteroatoms. The predicted octanol–water partition coefficient (Wildman–Crippen LogP) is 0.144. The van der Waals surface area contributed by atoms with E-state index in [0.717, 1.165) is 26.1 Å². The van der Waals surface area contributed by atoms with Crippen molar-refractivity contribution in [3.8, 4) is 0 Å². The molecule has 0 aliphatic rings. The molecular weight excluding hydrogens is 252 g/mol. The van der Waals surface area contributed by atoms with Gasteiger partial charge in [0.25, 0.3) is 0 Å². The van der Waals surface area contributed by atoms with Crippen LogP contribution in [0.4, 0.5) is 0 Å². The van der Waals surface area contributed by atoms with Gasteiger partial charge in [-0.1, -0.05) is 6.92 Å². The van der Waals surface area contributed by atoms with Crippen LogP contribution in [0.15, 0.2) is 18.5 Å². The Bertz CT molecular complexity index is 416. The van der Waals surface area contributed by atoms with Crippen molar-refractivity contribution in [3.63, 3.8) is 0 Å². The number of aromatic nitrogens is 2. The highest BCUT2D eigenvalue weighted by Gasteiger charge is 2.12. The van der Waals surface area contributed by atoms with Gasteiger partial charge in [0.2, 0.25) is 10.0 Å². The van der Waals surface area contributed by atoms with Crippen LogP contribution in [0.1, 0.15) is 13.3 Å². The van der Waals surface area contributed by atoms with Crippen molar-refractivity contribution in [2.45, 2.75) is 19.9 Å². The average Bonchev–Trinajstić information content (AvgIpc) is 2.79. The van der Waals surface area contributed by atoms with Gasteiger partial charge in [-0.15, -0.1) is 0 Å². The first-order valence-corrected chi connectivity index (χ1v) is 8.02. The van der Waals surface area contributed by atoms with Gasteiger partial charge >= 0.3 is 0 Å². The molecule has 0 aliphatic carbocycles. The molecule has 0 aromatic carbocycles. The smallest absolute Gasteiger partial charge is 0.211 e. The maximum absolute atomic E-state index is 11.3. The Balaban J connectivity index is 2.08. The Morgan fingerprint density at radius 3 is 2.72 bits per heavy atom. The predicted molar refractivity (Wildman–Crippen MR) is 71.8 cm³/mol. The molecule has 0 saturated carbocycles. The zero-order valence-corrected chi connectivity index (χ0v) is 11.9. The molecule has 0 spiro atoms. The van der Waals surface area contributed by atoms with Crippen LogP contribution in [0.5, 0.6) is 0 Å². The number of hydrogen-bond donors (Lipinski definition) is 1. The van der Waals surface area contributed by atoms with Gasteiger partial charge in [-0.05, 0) is 19.0 Å². The summed E-state index contributed by atoms with van der Waals surface area (Å²) in [5, 5.41) is 7.37. The van der Waals surface area contributed by atoms with E-state index < -0.39 is 10.0 Å². The molecule has 0 bridgehead atoms. The van der Waals surface area contributed by atoms with Crippen LogP contribution in [-0.4, -0.2) is 54.9 Å². The van der Waals surface area contributed by atoms with Crippen molar-refractivity contribution in [1.29, 1.82) is 0 Å². The molecule has 1 rings (SSSR count). The maximum Gasteiger partial charge on any atom is 0.211 e. The van der Waals surface area contributed by atoms with Crippen molar-refractivity contribution in [3.05, 3.63) is 18.5 Å². The third-order valence-electron chi connectivity index (χ3n) is 2.66. The second-order valence-corrected chi connectivity index (χ2v) is 6.11. The molecule has 1 aromatic rings. The third kappa shape index (κ3) is 5.61. The second-order valence-electron chi connectivity index (χ2n) is 4.13. The molecule has 0 amide bonds. The minimum atomic E-state index is -3.05. The number of hydrogen-bond acceptors (Lipinski definition) is 4. The van der Waals surface area contributed by atoms with E-state index in [2.05, 4.69) is 10.4 Å². The van der Waals surface area contributed by atoms with Crippen LogP contribution in [-0.2, 0) is 16.6 Å². The summed E-state index contributed by atoms with van der Waals surface area (Å²) >= 11 is 0. The van der Waals surface area contributed by atoms with Gasteiger partial charge in [0, 0.05) is 32.0 Å². The largest absolute Gasteiger partial charge is 0.315 e. The summed E-state index contributed by atoms with van der Waals surface area (Å²) in [6, 6.07) is 1.89. The Morgan fingerprint density at radius 2 is 2.17 bits per heavy atom. The van der Waals surface area contributed by atoms with E-state index in [0.29, 0.717) is 13.1 Å². The quantitative estimate of drug-likeness (QED) is 0.651. The zero-order chi connectivity index (χ0) is 13.4. The van der Waals surface area contributed by atoms with E-state index in [-0.39, 0.29) is 0 Å². The van der Waals surface area contributed by atoms with Gasteiger partial charge in [0.1, 0.15) is 0 Å². The van der Waals surface area contributed by atoms with Gasteiger partial charge < -0.3 is 5.32 Å². The van der Waals surface area contributed by atoms with Gasteiger partial charge in [-0.2, -0.15) is 5.10 Å². The molecule has 1 aromatic heterocycles. The summed E-state index contributed by atoms with van der Waals surface area (Å²) in [7, 11) is -3.05. The molecule has 1 heterocycles. The Morgan fingerprint density at radius 1 is 1.39 bits per heavy atom. The summed E-state index contributed by atoms with van der Waals surface area (Å²) in [6.07, 6.45) is 5.75. The van der Waals surface area contributed by atoms with E-state index in [9.17, 15) is 8.42 Å². The fraction of sp³-hybridized carbons (Fsp3) is 0.727. The van der Waals surface area contributed by atoms with Crippen LogP contribution in [0.2, 0.25) is 0 Å². The summed E-state index contributed by atoms with van der Waals surface area (Å²) in [5.74, 6) is 0. The molecular formula is C11H22N4O2S. The van der Waals surface area contributed by atoms with E-state index in [1.807, 2.05) is 23.9 Å². The summed E-state index contributed by atoms with van der Waals surface area (Å²) in [4.78, 5) is 0. The minimum absolute atomic E-state index is 0.534. The number of rotatable bonds is 9. The van der Waals surface area contributed by atoms with Crippen molar-refractivity contribution in [1.82, 2.24) is 19.4 Å². The lowest BCUT2D eigenvalue weighted by Crippen LogP contribution is -2.32. The molecule has 18 heavy (non-hydrogen) atoms. The Hall–Kier alpha value is -0.920. The van der Waals surface area contributed by atoms with E-state index in [1.54, 1.807) is 6.20 Å². The molecule has 0 aliphatic heterocycles. The van der Waals surface area contributed by atoms with Crippen LogP contribution in [0, 0.1) is 0 Å². The fourth-order valence-electron chi connectivity index (χ4n) is 1.69. The summed E-state index contributed by atoms with van der Waals surface area (Å²) in [5.41, 5.74) is 0. The van der Waals surface area contributed by atoms with E-state index in [4.69, 9.17) is 0 Å². The number of nitrogens with zero attached hydrogens (tertiary/aromatic N) is 3. The first-order valence-electron chi connectivity index (χ1n) is 6.17. The van der Waals surface area contributed by atoms with Crippen molar-refractivity contribution >= 4 is 10.0 Å². The standard InChI is InChI=1S/C11H22N4O2S/c1-3-15(18(2,16)17)10-4-6-12-8-11-14-9-5-7-13-14/h5,7,9,12H,3-4,6,8,10-11H2,1-2H3. The highest BCUT2D eigenvalue weighted by atomic mass is 32.2. The Kier molecular flexibility index (Phi) is 6.31. The molecule has 0 radical (unpaired) electrons. The van der Waals surface area contributed by atoms with Crippen LogP contribution < -0.4 is 5.32 Å². The van der Waals surface area contributed by atoms with E-state index >= 15 is 0 Å². The monoisotopic (exact) mass is 274 g/mol. The topological polar surface area (TPSA) is 67.2 Å². The fourth-order valence-corrected chi connectivity index (χ4v) is 2.62. The molecule has 104 valence electrons. The van der Waals surface area contributed by atoms with E-state index in [1.165, 1.54) is 10.6 Å². The molecule has 6 nitrogen and oxygen atoms in total. The highest BCUT2D eigenvalue weighted by molar-refractivity contribution is 7.88. The van der Waals surface area contributed by atoms with Gasteiger partial charge in [-0.3, -0.25) is 4.68 Å². The lowest BCUT2D eigenvalue weighted by Gasteiger charge is -2.17. The lowest BCUT2D eigenvalue weighted by molar-refractivity contribution is 0.417. The SMILES string of the molecule is CCN(CCCNCCn1cccn1)S(C)(=O)=O. The van der Waals surface area contributed by atoms with Crippen LogP contribution in [0.25, 0.3) is 0 Å². The van der Waals surface area contributed by atoms with Gasteiger partial charge in [-0.25, -0.2) is 12.7 Å². The summed E-state index contributed by atoms with van der Waals surface area (Å²) in [6.45, 7) is 5.44. The van der Waals surface area contributed by atoms with Crippen molar-refractivity contribution in [2.75, 3.05) is 32.4 Å². The second kappa shape index (κ2) is 7.50. The first kappa shape index (κ1) is 15.1. The first-order chi connectivity index (χ1) is 8.54. The molecule has 0 atom stereocenters. The summed E-state index contributed by atoms with van der Waals surface area (Å²) < 4.78 is 26.0. The lowest BCUT2D eigenvalue weighted by atomic mass is 10.4. The highest BCUT2D eigenvalue weighted by Crippen LogP contribution is 1.98. The molecule has 1 N–H and O–H groups in total. The normalized spacial score (nSPS) is 12.2. The number of sulfonamides is 1. The average molecular weight is 274 g/mol. The molecule has 0 saturated heterocycles. The van der Waals surface area contributed by atoms with Crippen LogP contribution in [0.3, 0.4) is 0 Å². The third-order valence-corrected chi connectivity index (χ3v) is 4.04. The maximum atomic E-state index is 11.3. The molecule has 0 fully saturated rings. The van der Waals surface area contributed by atoms with Crippen molar-refractivity contribution in [2.24, 2.45) is 0 Å². The molecule has 0 unspecified atom stereocenters. The number of nitrogens with one attached hydrogen (secondary N) is 1.